The Labute approximate surface area is 190 Å². The van der Waals surface area contributed by atoms with Gasteiger partial charge in [-0.2, -0.15) is 0 Å². The summed E-state index contributed by atoms with van der Waals surface area (Å²) in [5.74, 6) is 0.698. The second kappa shape index (κ2) is 11.1. The molecule has 0 aliphatic carbocycles. The van der Waals surface area contributed by atoms with Crippen molar-refractivity contribution >= 4 is 23.2 Å². The molecule has 1 aromatic heterocycles. The summed E-state index contributed by atoms with van der Waals surface area (Å²) in [6, 6.07) is 11.4. The molecule has 3 aromatic rings. The fraction of sp³-hybridized carbons (Fsp3) is 0.261. The largest absolute Gasteiger partial charge is 0.493 e. The van der Waals surface area contributed by atoms with Crippen molar-refractivity contribution in [3.8, 4) is 17.2 Å². The summed E-state index contributed by atoms with van der Waals surface area (Å²) in [6.07, 6.45) is 0.857. The molecule has 0 atom stereocenters. The van der Waals surface area contributed by atoms with Crippen molar-refractivity contribution in [2.24, 2.45) is 0 Å². The first kappa shape index (κ1) is 23.1. The first-order chi connectivity index (χ1) is 15.5. The van der Waals surface area contributed by atoms with E-state index in [1.165, 1.54) is 7.11 Å². The number of nitrogens with zero attached hydrogens (tertiary/aromatic N) is 1. The number of hydrazine groups is 1. The molecule has 8 nitrogen and oxygen atoms in total. The molecule has 0 spiro atoms. The summed E-state index contributed by atoms with van der Waals surface area (Å²) in [6.45, 7) is 4.85. The third kappa shape index (κ3) is 6.21. The van der Waals surface area contributed by atoms with Crippen LogP contribution in [0.5, 0.6) is 17.2 Å². The first-order valence-electron chi connectivity index (χ1n) is 10.1. The summed E-state index contributed by atoms with van der Waals surface area (Å²) in [7, 11) is 1.50. The number of thiazole rings is 1. The van der Waals surface area contributed by atoms with Crippen molar-refractivity contribution in [1.82, 2.24) is 15.8 Å². The van der Waals surface area contributed by atoms with Crippen molar-refractivity contribution in [3.05, 3.63) is 69.7 Å². The van der Waals surface area contributed by atoms with Crippen LogP contribution >= 0.6 is 11.3 Å². The van der Waals surface area contributed by atoms with Crippen LogP contribution in [0.2, 0.25) is 0 Å². The van der Waals surface area contributed by atoms with Crippen molar-refractivity contribution in [3.63, 3.8) is 0 Å². The smallest absolute Gasteiger partial charge is 0.269 e. The molecule has 2 N–H and O–H groups in total. The number of aromatic nitrogens is 1. The monoisotopic (exact) mass is 455 g/mol. The highest BCUT2D eigenvalue weighted by atomic mass is 32.1. The Kier molecular flexibility index (Phi) is 8.04. The molecular formula is C23H25N3O5S. The lowest BCUT2D eigenvalue weighted by Gasteiger charge is -2.12. The fourth-order valence-electron chi connectivity index (χ4n) is 2.73. The summed E-state index contributed by atoms with van der Waals surface area (Å²) in [5, 5.41) is 2.93. The van der Waals surface area contributed by atoms with Gasteiger partial charge in [0.1, 0.15) is 12.4 Å². The minimum absolute atomic E-state index is 0.326. The second-order valence-corrected chi connectivity index (χ2v) is 7.86. The van der Waals surface area contributed by atoms with Gasteiger partial charge in [0, 0.05) is 16.5 Å². The average molecular weight is 456 g/mol. The van der Waals surface area contributed by atoms with E-state index in [-0.39, 0.29) is 0 Å². The molecule has 0 saturated carbocycles. The number of hydrogen-bond acceptors (Lipinski definition) is 7. The molecule has 9 heteroatoms. The molecule has 3 rings (SSSR count). The molecule has 0 saturated heterocycles. The van der Waals surface area contributed by atoms with Crippen LogP contribution < -0.4 is 25.1 Å². The molecule has 0 bridgehead atoms. The van der Waals surface area contributed by atoms with Gasteiger partial charge in [-0.05, 0) is 55.8 Å². The normalized spacial score (nSPS) is 10.3. The number of rotatable bonds is 9. The number of nitrogens with one attached hydrogen (secondary N) is 2. The van der Waals surface area contributed by atoms with Crippen molar-refractivity contribution in [2.45, 2.75) is 26.9 Å². The molecule has 32 heavy (non-hydrogen) atoms. The Hall–Kier alpha value is -3.59. The number of carbonyl (C=O) groups excluding carboxylic acids is 2. The lowest BCUT2D eigenvalue weighted by Crippen LogP contribution is -2.41. The van der Waals surface area contributed by atoms with Crippen molar-refractivity contribution in [1.29, 1.82) is 0 Å². The van der Waals surface area contributed by atoms with Gasteiger partial charge in [0.25, 0.3) is 11.8 Å². The van der Waals surface area contributed by atoms with Gasteiger partial charge in [-0.3, -0.25) is 20.4 Å². The highest BCUT2D eigenvalue weighted by molar-refractivity contribution is 7.09. The van der Waals surface area contributed by atoms with Gasteiger partial charge in [-0.15, -0.1) is 11.3 Å². The zero-order valence-electron chi connectivity index (χ0n) is 18.1. The maximum absolute atomic E-state index is 12.4. The van der Waals surface area contributed by atoms with Crippen molar-refractivity contribution in [2.75, 3.05) is 13.7 Å². The predicted molar refractivity (Wildman–Crippen MR) is 121 cm³/mol. The Balaban J connectivity index is 1.52. The van der Waals surface area contributed by atoms with E-state index in [0.29, 0.717) is 41.6 Å². The van der Waals surface area contributed by atoms with E-state index >= 15 is 0 Å². The van der Waals surface area contributed by atoms with Gasteiger partial charge in [0.2, 0.25) is 0 Å². The SMILES string of the molecule is CCCOc1ccc(C(=O)NNC(=O)c2ccc(OCc3csc(C)n3)cc2)cc1OC. The van der Waals surface area contributed by atoms with E-state index in [1.807, 2.05) is 19.2 Å². The van der Waals surface area contributed by atoms with Crippen LogP contribution in [0, 0.1) is 6.92 Å². The van der Waals surface area contributed by atoms with Gasteiger partial charge in [0.05, 0.1) is 24.4 Å². The second-order valence-electron chi connectivity index (χ2n) is 6.79. The van der Waals surface area contributed by atoms with Crippen molar-refractivity contribution < 1.29 is 23.8 Å². The molecule has 0 fully saturated rings. The number of ether oxygens (including phenoxy) is 3. The Morgan fingerprint density at radius 3 is 2.28 bits per heavy atom. The Morgan fingerprint density at radius 2 is 1.66 bits per heavy atom. The number of benzene rings is 2. The fourth-order valence-corrected chi connectivity index (χ4v) is 3.33. The lowest BCUT2D eigenvalue weighted by molar-refractivity contribution is 0.0846. The highest BCUT2D eigenvalue weighted by Gasteiger charge is 2.13. The molecule has 0 unspecified atom stereocenters. The Morgan fingerprint density at radius 1 is 0.969 bits per heavy atom. The molecule has 0 radical (unpaired) electrons. The minimum atomic E-state index is -0.475. The number of methoxy groups -OCH3 is 1. The predicted octanol–water partition coefficient (Wildman–Crippen LogP) is 3.90. The van der Waals surface area contributed by atoms with Gasteiger partial charge < -0.3 is 14.2 Å². The van der Waals surface area contributed by atoms with Crippen LogP contribution in [0.4, 0.5) is 0 Å². The maximum Gasteiger partial charge on any atom is 0.269 e. The number of amides is 2. The van der Waals surface area contributed by atoms with Crippen LogP contribution in [-0.4, -0.2) is 30.5 Å². The molecule has 1 heterocycles. The standard InChI is InChI=1S/C23H25N3O5S/c1-4-11-30-20-10-7-17(12-21(20)29-3)23(28)26-25-22(27)16-5-8-19(9-6-16)31-13-18-14-32-15(2)24-18/h5-10,12,14H,4,11,13H2,1-3H3,(H,25,27)(H,26,28). The third-order valence-corrected chi connectivity index (χ3v) is 5.17. The summed E-state index contributed by atoms with van der Waals surface area (Å²) in [5.41, 5.74) is 6.37. The molecule has 168 valence electrons. The molecule has 2 amide bonds. The Bertz CT molecular complexity index is 1070. The van der Waals surface area contributed by atoms with Gasteiger partial charge >= 0.3 is 0 Å². The van der Waals surface area contributed by atoms with Crippen LogP contribution in [0.25, 0.3) is 0 Å². The van der Waals surface area contributed by atoms with Gasteiger partial charge in [-0.1, -0.05) is 6.92 Å². The number of aryl methyl sites for hydroxylation is 1. The van der Waals surface area contributed by atoms with E-state index in [2.05, 4.69) is 15.8 Å². The molecule has 0 aliphatic heterocycles. The molecule has 2 aromatic carbocycles. The van der Waals surface area contributed by atoms with E-state index in [1.54, 1.807) is 53.8 Å². The summed E-state index contributed by atoms with van der Waals surface area (Å²) in [4.78, 5) is 29.1. The van der Waals surface area contributed by atoms with E-state index < -0.39 is 11.8 Å². The van der Waals surface area contributed by atoms with E-state index in [4.69, 9.17) is 14.2 Å². The van der Waals surface area contributed by atoms with Gasteiger partial charge in [0.15, 0.2) is 11.5 Å². The van der Waals surface area contributed by atoms with Crippen LogP contribution in [0.1, 0.15) is 44.8 Å². The topological polar surface area (TPSA) is 98.8 Å². The zero-order chi connectivity index (χ0) is 22.9. The zero-order valence-corrected chi connectivity index (χ0v) is 19.0. The minimum Gasteiger partial charge on any atom is -0.493 e. The van der Waals surface area contributed by atoms with Gasteiger partial charge in [-0.25, -0.2) is 4.98 Å². The van der Waals surface area contributed by atoms with E-state index in [9.17, 15) is 9.59 Å². The number of hydrogen-bond donors (Lipinski definition) is 2. The highest BCUT2D eigenvalue weighted by Crippen LogP contribution is 2.28. The van der Waals surface area contributed by atoms with Crippen LogP contribution in [0.15, 0.2) is 47.8 Å². The summed E-state index contributed by atoms with van der Waals surface area (Å²) < 4.78 is 16.5. The van der Waals surface area contributed by atoms with Crippen LogP contribution in [-0.2, 0) is 6.61 Å². The quantitative estimate of drug-likeness (QED) is 0.475. The average Bonchev–Trinajstić information content (AvgIpc) is 3.24. The number of carbonyl (C=O) groups is 2. The summed E-state index contributed by atoms with van der Waals surface area (Å²) >= 11 is 1.57. The molecule has 0 aliphatic rings. The van der Waals surface area contributed by atoms with E-state index in [0.717, 1.165) is 17.1 Å². The van der Waals surface area contributed by atoms with Crippen LogP contribution in [0.3, 0.4) is 0 Å². The first-order valence-corrected chi connectivity index (χ1v) is 10.9. The maximum atomic E-state index is 12.4. The lowest BCUT2D eigenvalue weighted by atomic mass is 10.2. The molecular weight excluding hydrogens is 430 g/mol. The third-order valence-electron chi connectivity index (χ3n) is 4.35.